The first-order valence-electron chi connectivity index (χ1n) is 10.5. The summed E-state index contributed by atoms with van der Waals surface area (Å²) in [5.74, 6) is 0.984. The molecular weight excluding hydrogens is 400 g/mol. The Kier molecular flexibility index (Phi) is 5.25. The molecule has 3 aromatic carbocycles. The van der Waals surface area contributed by atoms with Crippen LogP contribution in [0.3, 0.4) is 0 Å². The molecule has 0 unspecified atom stereocenters. The summed E-state index contributed by atoms with van der Waals surface area (Å²) in [4.78, 5) is 4.12. The van der Waals surface area contributed by atoms with Gasteiger partial charge in [-0.25, -0.2) is 0 Å². The second-order valence-electron chi connectivity index (χ2n) is 7.47. The van der Waals surface area contributed by atoms with Crippen LogP contribution in [0.25, 0.3) is 32.9 Å². The van der Waals surface area contributed by atoms with Crippen molar-refractivity contribution >= 4 is 27.6 Å². The van der Waals surface area contributed by atoms with E-state index < -0.39 is 0 Å². The number of benzene rings is 3. The smallest absolute Gasteiger partial charge is 0.213 e. The van der Waals surface area contributed by atoms with E-state index in [-0.39, 0.29) is 5.90 Å². The number of hydrogen-bond acceptors (Lipinski definition) is 5. The lowest BCUT2D eigenvalue weighted by Crippen LogP contribution is -2.04. The average molecular weight is 422 g/mol. The minimum atomic E-state index is 0.166. The first-order chi connectivity index (χ1) is 15.7. The third-order valence-corrected chi connectivity index (χ3v) is 5.33. The molecule has 0 aliphatic rings. The molecule has 0 fully saturated rings. The number of nitrogens with one attached hydrogen (secondary N) is 2. The molecule has 0 aliphatic carbocycles. The number of hydrogen-bond donors (Lipinski definition) is 2. The van der Waals surface area contributed by atoms with Gasteiger partial charge in [-0.2, -0.15) is 5.10 Å². The number of H-pyrrole nitrogens is 1. The van der Waals surface area contributed by atoms with E-state index in [1.807, 2.05) is 55.6 Å². The second kappa shape index (κ2) is 8.51. The van der Waals surface area contributed by atoms with Crippen molar-refractivity contribution in [3.63, 3.8) is 0 Å². The normalized spacial score (nSPS) is 11.0. The summed E-state index contributed by atoms with van der Waals surface area (Å²) >= 11 is 0. The Labute approximate surface area is 185 Å². The Morgan fingerprint density at radius 1 is 1.00 bits per heavy atom. The van der Waals surface area contributed by atoms with Crippen molar-refractivity contribution in [1.29, 1.82) is 5.41 Å². The molecule has 0 saturated carbocycles. The molecular formula is C26H22N4O2. The zero-order valence-corrected chi connectivity index (χ0v) is 17.6. The summed E-state index contributed by atoms with van der Waals surface area (Å²) in [6, 6.07) is 22.0. The van der Waals surface area contributed by atoms with Crippen LogP contribution >= 0.6 is 0 Å². The Morgan fingerprint density at radius 2 is 1.88 bits per heavy atom. The molecule has 5 rings (SSSR count). The maximum Gasteiger partial charge on any atom is 0.213 e. The Balaban J connectivity index is 1.44. The van der Waals surface area contributed by atoms with Gasteiger partial charge in [0, 0.05) is 34.5 Å². The number of rotatable bonds is 6. The summed E-state index contributed by atoms with van der Waals surface area (Å²) in [5, 5.41) is 18.9. The van der Waals surface area contributed by atoms with Crippen molar-refractivity contribution in [3.8, 4) is 17.0 Å². The van der Waals surface area contributed by atoms with Gasteiger partial charge in [-0.15, -0.1) is 0 Å². The summed E-state index contributed by atoms with van der Waals surface area (Å²) in [6.07, 6.45) is 3.56. The predicted molar refractivity (Wildman–Crippen MR) is 126 cm³/mol. The molecule has 5 aromatic rings. The summed E-state index contributed by atoms with van der Waals surface area (Å²) < 4.78 is 11.3. The second-order valence-corrected chi connectivity index (χ2v) is 7.47. The molecule has 0 aliphatic heterocycles. The van der Waals surface area contributed by atoms with Gasteiger partial charge in [-0.1, -0.05) is 24.3 Å². The lowest BCUT2D eigenvalue weighted by molar-refractivity contribution is 0.306. The predicted octanol–water partition coefficient (Wildman–Crippen LogP) is 5.72. The molecule has 2 aromatic heterocycles. The van der Waals surface area contributed by atoms with Crippen molar-refractivity contribution in [3.05, 3.63) is 90.3 Å². The van der Waals surface area contributed by atoms with E-state index in [1.54, 1.807) is 6.20 Å². The quantitative estimate of drug-likeness (QED) is 0.271. The first kappa shape index (κ1) is 19.8. The monoisotopic (exact) mass is 422 g/mol. The molecule has 6 heteroatoms. The minimum Gasteiger partial charge on any atom is -0.489 e. The number of aromatic nitrogens is 3. The van der Waals surface area contributed by atoms with E-state index >= 15 is 0 Å². The van der Waals surface area contributed by atoms with Gasteiger partial charge in [0.2, 0.25) is 5.90 Å². The van der Waals surface area contributed by atoms with Gasteiger partial charge in [0.15, 0.2) is 0 Å². The van der Waals surface area contributed by atoms with Gasteiger partial charge in [0.05, 0.1) is 17.8 Å². The molecule has 158 valence electrons. The fourth-order valence-corrected chi connectivity index (χ4v) is 3.71. The molecule has 6 nitrogen and oxygen atoms in total. The van der Waals surface area contributed by atoms with E-state index in [0.29, 0.717) is 13.2 Å². The topological polar surface area (TPSA) is 83.9 Å². The molecule has 0 atom stereocenters. The number of ether oxygens (including phenoxy) is 2. The molecule has 0 saturated heterocycles. The Hall–Kier alpha value is -4.19. The van der Waals surface area contributed by atoms with Crippen molar-refractivity contribution in [1.82, 2.24) is 15.2 Å². The minimum absolute atomic E-state index is 0.166. The lowest BCUT2D eigenvalue weighted by Gasteiger charge is -2.08. The lowest BCUT2D eigenvalue weighted by atomic mass is 10.0. The number of fused-ring (bicyclic) bond motifs is 2. The molecule has 2 N–H and O–H groups in total. The number of pyridine rings is 1. The van der Waals surface area contributed by atoms with Crippen LogP contribution < -0.4 is 4.74 Å². The van der Waals surface area contributed by atoms with Crippen LogP contribution in [0.15, 0.2) is 79.1 Å². The molecule has 0 radical (unpaired) electrons. The number of aromatic amines is 1. The van der Waals surface area contributed by atoms with Crippen molar-refractivity contribution in [2.24, 2.45) is 0 Å². The fourth-order valence-electron chi connectivity index (χ4n) is 3.71. The molecule has 2 heterocycles. The van der Waals surface area contributed by atoms with Crippen LogP contribution in [0.1, 0.15) is 18.1 Å². The van der Waals surface area contributed by atoms with Crippen LogP contribution in [-0.4, -0.2) is 27.7 Å². The Bertz CT molecular complexity index is 1410. The molecule has 32 heavy (non-hydrogen) atoms. The summed E-state index contributed by atoms with van der Waals surface area (Å²) in [6.45, 7) is 2.82. The average Bonchev–Trinajstić information content (AvgIpc) is 3.26. The van der Waals surface area contributed by atoms with Gasteiger partial charge in [0.25, 0.3) is 0 Å². The highest BCUT2D eigenvalue weighted by Crippen LogP contribution is 2.31. The molecule has 0 bridgehead atoms. The zero-order chi connectivity index (χ0) is 21.9. The van der Waals surface area contributed by atoms with Crippen LogP contribution in [-0.2, 0) is 11.3 Å². The van der Waals surface area contributed by atoms with Gasteiger partial charge in [-0.3, -0.25) is 15.5 Å². The van der Waals surface area contributed by atoms with Crippen LogP contribution in [0.2, 0.25) is 0 Å². The summed E-state index contributed by atoms with van der Waals surface area (Å²) in [5.41, 5.74) is 4.55. The molecule has 0 spiro atoms. The largest absolute Gasteiger partial charge is 0.489 e. The highest BCUT2D eigenvalue weighted by Gasteiger charge is 2.12. The highest BCUT2D eigenvalue weighted by atomic mass is 16.5. The van der Waals surface area contributed by atoms with Crippen LogP contribution in [0.4, 0.5) is 0 Å². The first-order valence-corrected chi connectivity index (χ1v) is 10.5. The van der Waals surface area contributed by atoms with Gasteiger partial charge >= 0.3 is 0 Å². The third-order valence-electron chi connectivity index (χ3n) is 5.33. The van der Waals surface area contributed by atoms with Crippen molar-refractivity contribution < 1.29 is 9.47 Å². The molecule has 0 amide bonds. The van der Waals surface area contributed by atoms with Gasteiger partial charge in [-0.05, 0) is 60.2 Å². The van der Waals surface area contributed by atoms with Crippen molar-refractivity contribution in [2.75, 3.05) is 6.61 Å². The van der Waals surface area contributed by atoms with E-state index in [4.69, 9.17) is 14.9 Å². The fraction of sp³-hybridized carbons (Fsp3) is 0.115. The third kappa shape index (κ3) is 3.90. The van der Waals surface area contributed by atoms with Crippen molar-refractivity contribution in [2.45, 2.75) is 13.5 Å². The van der Waals surface area contributed by atoms with E-state index in [1.165, 1.54) is 0 Å². The maximum absolute atomic E-state index is 8.08. The maximum atomic E-state index is 8.08. The van der Waals surface area contributed by atoms with E-state index in [9.17, 15) is 0 Å². The van der Waals surface area contributed by atoms with Gasteiger partial charge in [0.1, 0.15) is 12.4 Å². The number of nitrogens with zero attached hydrogens (tertiary/aromatic N) is 2. The Morgan fingerprint density at radius 3 is 2.72 bits per heavy atom. The van der Waals surface area contributed by atoms with Crippen LogP contribution in [0.5, 0.6) is 5.75 Å². The summed E-state index contributed by atoms with van der Waals surface area (Å²) in [7, 11) is 0. The van der Waals surface area contributed by atoms with E-state index in [0.717, 1.165) is 49.8 Å². The van der Waals surface area contributed by atoms with Crippen LogP contribution in [0, 0.1) is 5.41 Å². The standard InChI is InChI=1S/C26H22N4O2/c1-2-31-26(27)21-8-10-24-23(14-21)25(30-29-24)20-6-5-19-13-22(9-7-18(19)12-20)32-16-17-4-3-11-28-15-17/h3-15,27H,2,16H2,1H3,(H,29,30). The van der Waals surface area contributed by atoms with Gasteiger partial charge < -0.3 is 9.47 Å². The SMILES string of the molecule is CCOC(=N)c1ccc2[nH]nc(-c3ccc4cc(OCc5cccnc5)ccc4c3)c2c1. The highest BCUT2D eigenvalue weighted by molar-refractivity contribution is 6.01. The zero-order valence-electron chi connectivity index (χ0n) is 17.6. The van der Waals surface area contributed by atoms with E-state index in [2.05, 4.69) is 39.4 Å².